The van der Waals surface area contributed by atoms with Crippen molar-refractivity contribution in [1.29, 1.82) is 0 Å². The topological polar surface area (TPSA) is 102 Å². The molecule has 0 radical (unpaired) electrons. The van der Waals surface area contributed by atoms with E-state index >= 15 is 0 Å². The van der Waals surface area contributed by atoms with Crippen LogP contribution in [0.5, 0.6) is 5.75 Å². The van der Waals surface area contributed by atoms with E-state index in [1.165, 1.54) is 19.2 Å². The molecular formula is C20H24N2O6S. The van der Waals surface area contributed by atoms with Gasteiger partial charge in [0, 0.05) is 0 Å². The zero-order valence-corrected chi connectivity index (χ0v) is 17.5. The van der Waals surface area contributed by atoms with Gasteiger partial charge >= 0.3 is 5.97 Å². The van der Waals surface area contributed by atoms with Crippen molar-refractivity contribution < 1.29 is 27.5 Å². The van der Waals surface area contributed by atoms with E-state index in [2.05, 4.69) is 5.32 Å². The molecule has 0 fully saturated rings. The van der Waals surface area contributed by atoms with Gasteiger partial charge in [0.05, 0.1) is 36.4 Å². The van der Waals surface area contributed by atoms with E-state index in [-0.39, 0.29) is 17.4 Å². The SMILES string of the molecule is COC(=O)c1ccccc1NC(=O)CN(c1ccc(OC(C)C)cc1)S(C)(=O)=O. The number of para-hydroxylation sites is 1. The summed E-state index contributed by atoms with van der Waals surface area (Å²) in [6.07, 6.45) is 0.994. The molecule has 2 aromatic carbocycles. The van der Waals surface area contributed by atoms with Crippen molar-refractivity contribution in [3.05, 3.63) is 54.1 Å². The number of ether oxygens (including phenoxy) is 2. The third-order valence-corrected chi connectivity index (χ3v) is 4.93. The second-order valence-electron chi connectivity index (χ2n) is 6.52. The molecule has 0 aliphatic carbocycles. The van der Waals surface area contributed by atoms with Crippen LogP contribution in [0.25, 0.3) is 0 Å². The molecule has 29 heavy (non-hydrogen) atoms. The molecule has 0 aromatic heterocycles. The molecule has 9 heteroatoms. The number of anilines is 2. The number of rotatable bonds is 8. The highest BCUT2D eigenvalue weighted by atomic mass is 32.2. The number of carbonyl (C=O) groups excluding carboxylic acids is 2. The van der Waals surface area contributed by atoms with E-state index in [4.69, 9.17) is 9.47 Å². The molecule has 2 aromatic rings. The predicted octanol–water partition coefficient (Wildman–Crippen LogP) is 2.67. The Labute approximate surface area is 170 Å². The summed E-state index contributed by atoms with van der Waals surface area (Å²) in [4.78, 5) is 24.4. The van der Waals surface area contributed by atoms with Crippen molar-refractivity contribution in [2.75, 3.05) is 29.5 Å². The molecule has 0 bridgehead atoms. The number of esters is 1. The lowest BCUT2D eigenvalue weighted by molar-refractivity contribution is -0.114. The fourth-order valence-electron chi connectivity index (χ4n) is 2.56. The van der Waals surface area contributed by atoms with Crippen LogP contribution in [0.1, 0.15) is 24.2 Å². The van der Waals surface area contributed by atoms with Crippen LogP contribution in [0.3, 0.4) is 0 Å². The van der Waals surface area contributed by atoms with Crippen molar-refractivity contribution in [3.8, 4) is 5.75 Å². The molecule has 8 nitrogen and oxygen atoms in total. The zero-order chi connectivity index (χ0) is 21.6. The molecule has 1 N–H and O–H groups in total. The highest BCUT2D eigenvalue weighted by Gasteiger charge is 2.22. The Hall–Kier alpha value is -3.07. The summed E-state index contributed by atoms with van der Waals surface area (Å²) < 4.78 is 35.7. The largest absolute Gasteiger partial charge is 0.491 e. The third-order valence-electron chi connectivity index (χ3n) is 3.79. The van der Waals surface area contributed by atoms with Gasteiger partial charge in [0.1, 0.15) is 12.3 Å². The number of nitrogens with zero attached hydrogens (tertiary/aromatic N) is 1. The Kier molecular flexibility index (Phi) is 7.22. The van der Waals surface area contributed by atoms with Crippen molar-refractivity contribution in [2.45, 2.75) is 20.0 Å². The lowest BCUT2D eigenvalue weighted by Crippen LogP contribution is -2.37. The summed E-state index contributed by atoms with van der Waals surface area (Å²) in [6, 6.07) is 12.7. The Bertz CT molecular complexity index is 971. The molecule has 0 heterocycles. The lowest BCUT2D eigenvalue weighted by atomic mass is 10.2. The maximum absolute atomic E-state index is 12.5. The minimum absolute atomic E-state index is 0.0208. The lowest BCUT2D eigenvalue weighted by Gasteiger charge is -2.22. The molecule has 0 aliphatic heterocycles. The van der Waals surface area contributed by atoms with Crippen molar-refractivity contribution >= 4 is 33.3 Å². The fraction of sp³-hybridized carbons (Fsp3) is 0.300. The van der Waals surface area contributed by atoms with Gasteiger partial charge in [0.15, 0.2) is 0 Å². The summed E-state index contributed by atoms with van der Waals surface area (Å²) in [5, 5.41) is 2.56. The highest BCUT2D eigenvalue weighted by molar-refractivity contribution is 7.92. The first kappa shape index (κ1) is 22.2. The van der Waals surface area contributed by atoms with Crippen LogP contribution in [-0.4, -0.2) is 46.3 Å². The molecule has 156 valence electrons. The number of hydrogen-bond donors (Lipinski definition) is 1. The molecule has 2 rings (SSSR count). The van der Waals surface area contributed by atoms with Gasteiger partial charge in [-0.1, -0.05) is 12.1 Å². The summed E-state index contributed by atoms with van der Waals surface area (Å²) in [7, 11) is -2.50. The van der Waals surface area contributed by atoms with Crippen LogP contribution in [0, 0.1) is 0 Å². The van der Waals surface area contributed by atoms with E-state index in [0.717, 1.165) is 10.6 Å². The van der Waals surface area contributed by atoms with Gasteiger partial charge in [-0.2, -0.15) is 0 Å². The summed E-state index contributed by atoms with van der Waals surface area (Å²) in [5.41, 5.74) is 0.725. The van der Waals surface area contributed by atoms with Gasteiger partial charge in [0.25, 0.3) is 0 Å². The van der Waals surface area contributed by atoms with E-state index in [1.807, 2.05) is 13.8 Å². The van der Waals surface area contributed by atoms with Crippen molar-refractivity contribution in [2.24, 2.45) is 0 Å². The van der Waals surface area contributed by atoms with Gasteiger partial charge in [0.2, 0.25) is 15.9 Å². The molecule has 0 unspecified atom stereocenters. The average Bonchev–Trinajstić information content (AvgIpc) is 2.65. The zero-order valence-electron chi connectivity index (χ0n) is 16.7. The van der Waals surface area contributed by atoms with Gasteiger partial charge in [-0.3, -0.25) is 9.10 Å². The first-order valence-corrected chi connectivity index (χ1v) is 10.7. The Morgan fingerprint density at radius 1 is 1.07 bits per heavy atom. The first-order valence-electron chi connectivity index (χ1n) is 8.83. The molecule has 0 atom stereocenters. The number of benzene rings is 2. The van der Waals surface area contributed by atoms with E-state index in [1.54, 1.807) is 36.4 Å². The van der Waals surface area contributed by atoms with E-state index in [0.29, 0.717) is 11.4 Å². The number of nitrogens with one attached hydrogen (secondary N) is 1. The average molecular weight is 420 g/mol. The smallest absolute Gasteiger partial charge is 0.339 e. The highest BCUT2D eigenvalue weighted by Crippen LogP contribution is 2.23. The maximum Gasteiger partial charge on any atom is 0.339 e. The Balaban J connectivity index is 2.22. The maximum atomic E-state index is 12.5. The van der Waals surface area contributed by atoms with Crippen LogP contribution in [0.4, 0.5) is 11.4 Å². The molecular weight excluding hydrogens is 396 g/mol. The van der Waals surface area contributed by atoms with Gasteiger partial charge < -0.3 is 14.8 Å². The van der Waals surface area contributed by atoms with E-state index < -0.39 is 28.4 Å². The molecule has 0 saturated carbocycles. The second-order valence-corrected chi connectivity index (χ2v) is 8.42. The number of hydrogen-bond acceptors (Lipinski definition) is 6. The number of amides is 1. The van der Waals surface area contributed by atoms with Gasteiger partial charge in [-0.05, 0) is 50.2 Å². The molecule has 0 spiro atoms. The quantitative estimate of drug-likeness (QED) is 0.659. The minimum atomic E-state index is -3.73. The molecule has 0 saturated heterocycles. The summed E-state index contributed by atoms with van der Waals surface area (Å²) in [6.45, 7) is 3.30. The summed E-state index contributed by atoms with van der Waals surface area (Å²) in [5.74, 6) is -0.621. The molecule has 1 amide bonds. The van der Waals surface area contributed by atoms with Crippen molar-refractivity contribution in [3.63, 3.8) is 0 Å². The van der Waals surface area contributed by atoms with Crippen LogP contribution in [0.2, 0.25) is 0 Å². The van der Waals surface area contributed by atoms with Crippen molar-refractivity contribution in [1.82, 2.24) is 0 Å². The Morgan fingerprint density at radius 2 is 1.69 bits per heavy atom. The second kappa shape index (κ2) is 9.42. The van der Waals surface area contributed by atoms with Crippen LogP contribution in [0.15, 0.2) is 48.5 Å². The van der Waals surface area contributed by atoms with Crippen LogP contribution < -0.4 is 14.4 Å². The first-order chi connectivity index (χ1) is 13.6. The monoisotopic (exact) mass is 420 g/mol. The molecule has 0 aliphatic rings. The predicted molar refractivity (Wildman–Crippen MR) is 111 cm³/mol. The van der Waals surface area contributed by atoms with E-state index in [9.17, 15) is 18.0 Å². The fourth-order valence-corrected chi connectivity index (χ4v) is 3.42. The van der Waals surface area contributed by atoms with Gasteiger partial charge in [-0.25, -0.2) is 13.2 Å². The summed E-state index contributed by atoms with van der Waals surface area (Å²) >= 11 is 0. The Morgan fingerprint density at radius 3 is 2.24 bits per heavy atom. The standard InChI is InChI=1S/C20H24N2O6S/c1-14(2)28-16-11-9-15(10-12-16)22(29(4,25)26)13-19(23)21-18-8-6-5-7-17(18)20(24)27-3/h5-12,14H,13H2,1-4H3,(H,21,23). The number of methoxy groups -OCH3 is 1. The van der Waals surface area contributed by atoms with Crippen LogP contribution in [-0.2, 0) is 19.6 Å². The number of sulfonamides is 1. The van der Waals surface area contributed by atoms with Crippen LogP contribution >= 0.6 is 0 Å². The number of carbonyl (C=O) groups is 2. The minimum Gasteiger partial charge on any atom is -0.491 e. The normalized spacial score (nSPS) is 11.1. The van der Waals surface area contributed by atoms with Gasteiger partial charge in [-0.15, -0.1) is 0 Å². The third kappa shape index (κ3) is 6.21.